The Morgan fingerprint density at radius 2 is 2.00 bits per heavy atom. The van der Waals surface area contributed by atoms with E-state index in [0.717, 1.165) is 56.7 Å². The minimum Gasteiger partial charge on any atom is -0.454 e. The molecular formula is C21H23NO3S. The average molecular weight is 369 g/mol. The number of hydrogen-bond donors (Lipinski definition) is 0. The molecule has 2 aliphatic heterocycles. The second-order valence-corrected chi connectivity index (χ2v) is 8.56. The first kappa shape index (κ1) is 16.2. The van der Waals surface area contributed by atoms with E-state index in [0.29, 0.717) is 18.6 Å². The number of rotatable bonds is 3. The SMILES string of the molecule is O=C(N1CCC(c2ccc3c(c2)OCO3)C1)C1(c2cccs2)CCCC1. The lowest BCUT2D eigenvalue weighted by molar-refractivity contribution is -0.136. The number of thiophene rings is 1. The summed E-state index contributed by atoms with van der Waals surface area (Å²) in [5.74, 6) is 2.39. The highest BCUT2D eigenvalue weighted by molar-refractivity contribution is 7.10. The molecule has 5 heteroatoms. The molecule has 2 fully saturated rings. The fraction of sp³-hybridized carbons (Fsp3) is 0.476. The first-order valence-electron chi connectivity index (χ1n) is 9.49. The summed E-state index contributed by atoms with van der Waals surface area (Å²) < 4.78 is 10.9. The molecule has 1 atom stereocenters. The van der Waals surface area contributed by atoms with Gasteiger partial charge in [0, 0.05) is 23.9 Å². The molecule has 1 saturated carbocycles. The van der Waals surface area contributed by atoms with Crippen LogP contribution < -0.4 is 9.47 Å². The number of likely N-dealkylation sites (tertiary alicyclic amines) is 1. The lowest BCUT2D eigenvalue weighted by Gasteiger charge is -2.31. The smallest absolute Gasteiger partial charge is 0.234 e. The van der Waals surface area contributed by atoms with E-state index < -0.39 is 0 Å². The third-order valence-electron chi connectivity index (χ3n) is 6.20. The second-order valence-electron chi connectivity index (χ2n) is 7.62. The van der Waals surface area contributed by atoms with Gasteiger partial charge < -0.3 is 14.4 Å². The van der Waals surface area contributed by atoms with Crippen LogP contribution in [0, 0.1) is 0 Å². The Bertz CT molecular complexity index is 811. The largest absolute Gasteiger partial charge is 0.454 e. The van der Waals surface area contributed by atoms with Gasteiger partial charge in [-0.05, 0) is 48.4 Å². The van der Waals surface area contributed by atoms with Crippen LogP contribution in [0.25, 0.3) is 0 Å². The normalized spacial score (nSPS) is 23.5. The third kappa shape index (κ3) is 2.52. The van der Waals surface area contributed by atoms with E-state index >= 15 is 0 Å². The third-order valence-corrected chi connectivity index (χ3v) is 7.28. The predicted molar refractivity (Wildman–Crippen MR) is 101 cm³/mol. The molecule has 26 heavy (non-hydrogen) atoms. The molecule has 0 N–H and O–H groups in total. The molecule has 0 spiro atoms. The van der Waals surface area contributed by atoms with E-state index in [-0.39, 0.29) is 5.41 Å². The molecule has 0 bridgehead atoms. The van der Waals surface area contributed by atoms with Gasteiger partial charge in [-0.2, -0.15) is 0 Å². The summed E-state index contributed by atoms with van der Waals surface area (Å²) in [7, 11) is 0. The Labute approximate surface area is 157 Å². The van der Waals surface area contributed by atoms with Crippen LogP contribution in [0.1, 0.15) is 48.5 Å². The Balaban J connectivity index is 1.36. The number of fused-ring (bicyclic) bond motifs is 1. The molecule has 5 rings (SSSR count). The van der Waals surface area contributed by atoms with Crippen LogP contribution in [0.4, 0.5) is 0 Å². The highest BCUT2D eigenvalue weighted by atomic mass is 32.1. The summed E-state index contributed by atoms with van der Waals surface area (Å²) in [6.45, 7) is 1.97. The van der Waals surface area contributed by atoms with E-state index in [4.69, 9.17) is 9.47 Å². The maximum atomic E-state index is 13.5. The van der Waals surface area contributed by atoms with Crippen LogP contribution in [-0.2, 0) is 10.2 Å². The monoisotopic (exact) mass is 369 g/mol. The van der Waals surface area contributed by atoms with Crippen molar-refractivity contribution >= 4 is 17.2 Å². The van der Waals surface area contributed by atoms with Crippen LogP contribution in [0.15, 0.2) is 35.7 Å². The molecule has 4 nitrogen and oxygen atoms in total. The lowest BCUT2D eigenvalue weighted by Crippen LogP contribution is -2.44. The summed E-state index contributed by atoms with van der Waals surface area (Å²) in [6.07, 6.45) is 5.33. The topological polar surface area (TPSA) is 38.8 Å². The van der Waals surface area contributed by atoms with Crippen LogP contribution in [0.5, 0.6) is 11.5 Å². The molecule has 0 radical (unpaired) electrons. The quantitative estimate of drug-likeness (QED) is 0.809. The fourth-order valence-corrected chi connectivity index (χ4v) is 5.76. The predicted octanol–water partition coefficient (Wildman–Crippen LogP) is 4.30. The maximum Gasteiger partial charge on any atom is 0.234 e. The van der Waals surface area contributed by atoms with Gasteiger partial charge in [-0.25, -0.2) is 0 Å². The van der Waals surface area contributed by atoms with Crippen LogP contribution in [0.3, 0.4) is 0 Å². The number of hydrogen-bond acceptors (Lipinski definition) is 4. The van der Waals surface area contributed by atoms with Gasteiger partial charge in [0.25, 0.3) is 0 Å². The molecule has 1 saturated heterocycles. The standard InChI is InChI=1S/C21H23NO3S/c23-20(21(8-1-2-9-21)19-4-3-11-26-19)22-10-7-16(13-22)15-5-6-17-18(12-15)25-14-24-17/h3-6,11-12,16H,1-2,7-10,13-14H2. The van der Waals surface area contributed by atoms with E-state index in [1.165, 1.54) is 10.4 Å². The number of amides is 1. The van der Waals surface area contributed by atoms with Gasteiger partial charge in [0.15, 0.2) is 11.5 Å². The van der Waals surface area contributed by atoms with Crippen molar-refractivity contribution in [2.45, 2.75) is 43.4 Å². The molecule has 3 aliphatic rings. The van der Waals surface area contributed by atoms with Gasteiger partial charge in [0.1, 0.15) is 0 Å². The first-order valence-corrected chi connectivity index (χ1v) is 10.4. The molecule has 2 aromatic rings. The number of carbonyl (C=O) groups is 1. The molecule has 1 aromatic carbocycles. The van der Waals surface area contributed by atoms with Crippen molar-refractivity contribution < 1.29 is 14.3 Å². The van der Waals surface area contributed by atoms with Crippen LogP contribution >= 0.6 is 11.3 Å². The van der Waals surface area contributed by atoms with Gasteiger partial charge in [-0.15, -0.1) is 11.3 Å². The zero-order valence-electron chi connectivity index (χ0n) is 14.8. The van der Waals surface area contributed by atoms with Gasteiger partial charge in [-0.1, -0.05) is 25.0 Å². The summed E-state index contributed by atoms with van der Waals surface area (Å²) in [5.41, 5.74) is 0.985. The molecule has 136 valence electrons. The molecule has 1 amide bonds. The van der Waals surface area contributed by atoms with Crippen molar-refractivity contribution in [3.63, 3.8) is 0 Å². The fourth-order valence-electron chi connectivity index (χ4n) is 4.78. The zero-order chi connectivity index (χ0) is 17.6. The number of carbonyl (C=O) groups excluding carboxylic acids is 1. The first-order chi connectivity index (χ1) is 12.8. The number of benzene rings is 1. The number of ether oxygens (including phenoxy) is 2. The van der Waals surface area contributed by atoms with E-state index in [1.54, 1.807) is 11.3 Å². The minimum absolute atomic E-state index is 0.266. The molecular weight excluding hydrogens is 346 g/mol. The number of nitrogens with zero attached hydrogens (tertiary/aromatic N) is 1. The van der Waals surface area contributed by atoms with Crippen molar-refractivity contribution in [1.82, 2.24) is 4.90 Å². The summed E-state index contributed by atoms with van der Waals surface area (Å²) in [4.78, 5) is 16.9. The Kier molecular flexibility index (Phi) is 3.92. The van der Waals surface area contributed by atoms with Crippen LogP contribution in [0.2, 0.25) is 0 Å². The van der Waals surface area contributed by atoms with Crippen molar-refractivity contribution in [3.05, 3.63) is 46.2 Å². The second kappa shape index (κ2) is 6.31. The van der Waals surface area contributed by atoms with E-state index in [1.807, 2.05) is 6.07 Å². The maximum absolute atomic E-state index is 13.5. The Morgan fingerprint density at radius 3 is 2.81 bits per heavy atom. The zero-order valence-corrected chi connectivity index (χ0v) is 15.6. The molecule has 1 unspecified atom stereocenters. The van der Waals surface area contributed by atoms with Gasteiger partial charge in [0.05, 0.1) is 5.41 Å². The van der Waals surface area contributed by atoms with Crippen molar-refractivity contribution in [1.29, 1.82) is 0 Å². The summed E-state index contributed by atoms with van der Waals surface area (Å²) in [5, 5.41) is 2.10. The van der Waals surface area contributed by atoms with Gasteiger partial charge in [-0.3, -0.25) is 4.79 Å². The van der Waals surface area contributed by atoms with Gasteiger partial charge in [0.2, 0.25) is 12.7 Å². The average Bonchev–Trinajstić information content (AvgIpc) is 3.48. The van der Waals surface area contributed by atoms with E-state index in [9.17, 15) is 4.79 Å². The molecule has 1 aromatic heterocycles. The summed E-state index contributed by atoms with van der Waals surface area (Å²) in [6, 6.07) is 10.4. The van der Waals surface area contributed by atoms with Crippen molar-refractivity contribution in [2.75, 3.05) is 19.9 Å². The van der Waals surface area contributed by atoms with E-state index in [2.05, 4.69) is 34.5 Å². The minimum atomic E-state index is -0.266. The Hall–Kier alpha value is -2.01. The highest BCUT2D eigenvalue weighted by Crippen LogP contribution is 2.46. The van der Waals surface area contributed by atoms with Crippen LogP contribution in [-0.4, -0.2) is 30.7 Å². The highest BCUT2D eigenvalue weighted by Gasteiger charge is 2.47. The molecule has 3 heterocycles. The van der Waals surface area contributed by atoms with Crippen molar-refractivity contribution in [3.8, 4) is 11.5 Å². The Morgan fingerprint density at radius 1 is 1.15 bits per heavy atom. The summed E-state index contributed by atoms with van der Waals surface area (Å²) >= 11 is 1.74. The molecule has 1 aliphatic carbocycles. The lowest BCUT2D eigenvalue weighted by atomic mass is 9.83. The van der Waals surface area contributed by atoms with Gasteiger partial charge >= 0.3 is 0 Å². The van der Waals surface area contributed by atoms with Crippen molar-refractivity contribution in [2.24, 2.45) is 0 Å².